The normalized spacial score (nSPS) is 36.9. The molecule has 4 nitrogen and oxygen atoms in total. The Hall–Kier alpha value is -0.630. The van der Waals surface area contributed by atoms with Crippen LogP contribution in [0.25, 0.3) is 0 Å². The summed E-state index contributed by atoms with van der Waals surface area (Å²) < 4.78 is 5.31. The van der Waals surface area contributed by atoms with Gasteiger partial charge in [-0.15, -0.1) is 0 Å². The molecule has 0 aromatic rings. The maximum absolute atomic E-state index is 9.44. The fraction of sp³-hybridized carbons (Fsp3) is 0.933. The number of rotatable bonds is 4. The van der Waals surface area contributed by atoms with Crippen LogP contribution >= 0.6 is 0 Å². The van der Waals surface area contributed by atoms with E-state index in [-0.39, 0.29) is 5.54 Å². The standard InChI is InChI=1S/C15H27N3O/c1-17-15(12-16)7-3-6-14(9-15)18-8-4-5-13(10-18)11-19-2/h13-14,17H,3-11H2,1-2H3. The number of hydrogen-bond donors (Lipinski definition) is 1. The van der Waals surface area contributed by atoms with Crippen molar-refractivity contribution in [3.8, 4) is 6.07 Å². The van der Waals surface area contributed by atoms with Gasteiger partial charge in [-0.05, 0) is 58.0 Å². The lowest BCUT2D eigenvalue weighted by Gasteiger charge is -2.44. The van der Waals surface area contributed by atoms with E-state index < -0.39 is 0 Å². The Morgan fingerprint density at radius 3 is 2.95 bits per heavy atom. The molecule has 0 radical (unpaired) electrons. The molecule has 1 aliphatic carbocycles. The summed E-state index contributed by atoms with van der Waals surface area (Å²) in [4.78, 5) is 2.61. The fourth-order valence-corrected chi connectivity index (χ4v) is 3.74. The second-order valence-electron chi connectivity index (χ2n) is 6.15. The number of hydrogen-bond acceptors (Lipinski definition) is 4. The van der Waals surface area contributed by atoms with Crippen molar-refractivity contribution in [1.82, 2.24) is 10.2 Å². The molecular weight excluding hydrogens is 238 g/mol. The van der Waals surface area contributed by atoms with Crippen molar-refractivity contribution in [3.63, 3.8) is 0 Å². The Morgan fingerprint density at radius 2 is 2.26 bits per heavy atom. The molecule has 3 atom stereocenters. The minimum atomic E-state index is -0.295. The summed E-state index contributed by atoms with van der Waals surface area (Å²) in [7, 11) is 3.72. The third-order valence-electron chi connectivity index (χ3n) is 4.89. The van der Waals surface area contributed by atoms with Crippen molar-refractivity contribution in [2.24, 2.45) is 5.92 Å². The summed E-state index contributed by atoms with van der Waals surface area (Å²) in [6.07, 6.45) is 6.91. The van der Waals surface area contributed by atoms with Crippen molar-refractivity contribution < 1.29 is 4.74 Å². The molecule has 3 unspecified atom stereocenters. The summed E-state index contributed by atoms with van der Waals surface area (Å²) in [5.74, 6) is 0.673. The molecule has 108 valence electrons. The molecular formula is C15H27N3O. The van der Waals surface area contributed by atoms with Crippen LogP contribution in [0.15, 0.2) is 0 Å². The number of nitrogens with zero attached hydrogens (tertiary/aromatic N) is 2. The van der Waals surface area contributed by atoms with Crippen molar-refractivity contribution in [3.05, 3.63) is 0 Å². The first-order valence-electron chi connectivity index (χ1n) is 7.56. The number of ether oxygens (including phenoxy) is 1. The number of nitriles is 1. The van der Waals surface area contributed by atoms with E-state index in [2.05, 4.69) is 16.3 Å². The summed E-state index contributed by atoms with van der Waals surface area (Å²) >= 11 is 0. The predicted octanol–water partition coefficient (Wildman–Crippen LogP) is 1.77. The molecule has 0 amide bonds. The van der Waals surface area contributed by atoms with E-state index in [1.165, 1.54) is 25.8 Å². The number of likely N-dealkylation sites (tertiary alicyclic amines) is 1. The first kappa shape index (κ1) is 14.8. The molecule has 2 fully saturated rings. The highest BCUT2D eigenvalue weighted by Crippen LogP contribution is 2.32. The molecule has 19 heavy (non-hydrogen) atoms. The van der Waals surface area contributed by atoms with Gasteiger partial charge in [-0.3, -0.25) is 4.90 Å². The van der Waals surface area contributed by atoms with Gasteiger partial charge in [0.1, 0.15) is 5.54 Å². The lowest BCUT2D eigenvalue weighted by atomic mass is 9.78. The zero-order valence-electron chi connectivity index (χ0n) is 12.3. The van der Waals surface area contributed by atoms with Crippen molar-refractivity contribution in [2.45, 2.75) is 50.1 Å². The molecule has 0 aromatic carbocycles. The number of piperidine rings is 1. The first-order chi connectivity index (χ1) is 9.23. The van der Waals surface area contributed by atoms with Crippen molar-refractivity contribution in [2.75, 3.05) is 33.9 Å². The topological polar surface area (TPSA) is 48.3 Å². The molecule has 1 saturated heterocycles. The largest absolute Gasteiger partial charge is 0.384 e. The van der Waals surface area contributed by atoms with Gasteiger partial charge in [-0.2, -0.15) is 5.26 Å². The third kappa shape index (κ3) is 3.47. The lowest BCUT2D eigenvalue weighted by molar-refractivity contribution is 0.0465. The molecule has 1 saturated carbocycles. The van der Waals surface area contributed by atoms with E-state index in [4.69, 9.17) is 4.74 Å². The zero-order chi connectivity index (χ0) is 13.7. The molecule has 4 heteroatoms. The Bertz CT molecular complexity index is 326. The number of methoxy groups -OCH3 is 1. The molecule has 0 aromatic heterocycles. The van der Waals surface area contributed by atoms with E-state index >= 15 is 0 Å². The highest BCUT2D eigenvalue weighted by molar-refractivity contribution is 5.10. The highest BCUT2D eigenvalue weighted by Gasteiger charge is 2.38. The van der Waals surface area contributed by atoms with Crippen LogP contribution in [0.3, 0.4) is 0 Å². The summed E-state index contributed by atoms with van der Waals surface area (Å²) in [5.41, 5.74) is -0.295. The predicted molar refractivity (Wildman–Crippen MR) is 75.8 cm³/mol. The number of nitrogens with one attached hydrogen (secondary N) is 1. The van der Waals surface area contributed by atoms with Gasteiger partial charge in [0.15, 0.2) is 0 Å². The van der Waals surface area contributed by atoms with Gasteiger partial charge in [0.25, 0.3) is 0 Å². The molecule has 1 N–H and O–H groups in total. The average molecular weight is 265 g/mol. The van der Waals surface area contributed by atoms with E-state index in [0.717, 1.165) is 32.4 Å². The Balaban J connectivity index is 1.95. The van der Waals surface area contributed by atoms with Crippen LogP contribution in [0.5, 0.6) is 0 Å². The maximum atomic E-state index is 9.44. The van der Waals surface area contributed by atoms with Gasteiger partial charge >= 0.3 is 0 Å². The van der Waals surface area contributed by atoms with E-state index in [9.17, 15) is 5.26 Å². The van der Waals surface area contributed by atoms with Gasteiger partial charge in [-0.1, -0.05) is 0 Å². The summed E-state index contributed by atoms with van der Waals surface area (Å²) in [5, 5.41) is 12.7. The quantitative estimate of drug-likeness (QED) is 0.841. The van der Waals surface area contributed by atoms with E-state index in [1.54, 1.807) is 7.11 Å². The SMILES string of the molecule is CNC1(C#N)CCCC(N2CCCC(COC)C2)C1. The molecule has 2 rings (SSSR count). The second-order valence-corrected chi connectivity index (χ2v) is 6.15. The highest BCUT2D eigenvalue weighted by atomic mass is 16.5. The Labute approximate surface area is 117 Å². The van der Waals surface area contributed by atoms with Crippen molar-refractivity contribution >= 4 is 0 Å². The average Bonchev–Trinajstić information content (AvgIpc) is 2.48. The van der Waals surface area contributed by atoms with E-state index in [0.29, 0.717) is 12.0 Å². The van der Waals surface area contributed by atoms with Crippen LogP contribution in [0.2, 0.25) is 0 Å². The molecule has 1 heterocycles. The van der Waals surface area contributed by atoms with Gasteiger partial charge < -0.3 is 10.1 Å². The van der Waals surface area contributed by atoms with Crippen LogP contribution in [0, 0.1) is 17.2 Å². The monoisotopic (exact) mass is 265 g/mol. The maximum Gasteiger partial charge on any atom is 0.108 e. The Morgan fingerprint density at radius 1 is 1.42 bits per heavy atom. The van der Waals surface area contributed by atoms with Gasteiger partial charge in [0, 0.05) is 19.7 Å². The zero-order valence-corrected chi connectivity index (χ0v) is 12.3. The third-order valence-corrected chi connectivity index (χ3v) is 4.89. The molecule has 0 spiro atoms. The van der Waals surface area contributed by atoms with Crippen LogP contribution in [-0.4, -0.2) is 50.3 Å². The Kier molecular flexibility index (Phi) is 5.20. The minimum absolute atomic E-state index is 0.295. The van der Waals surface area contributed by atoms with Gasteiger partial charge in [-0.25, -0.2) is 0 Å². The van der Waals surface area contributed by atoms with E-state index in [1.807, 2.05) is 7.05 Å². The lowest BCUT2D eigenvalue weighted by Crippen LogP contribution is -2.53. The second kappa shape index (κ2) is 6.69. The van der Waals surface area contributed by atoms with Crippen LogP contribution in [0.4, 0.5) is 0 Å². The van der Waals surface area contributed by atoms with Crippen LogP contribution in [-0.2, 0) is 4.74 Å². The van der Waals surface area contributed by atoms with Crippen molar-refractivity contribution in [1.29, 1.82) is 5.26 Å². The molecule has 0 bridgehead atoms. The van der Waals surface area contributed by atoms with Crippen LogP contribution in [0.1, 0.15) is 38.5 Å². The van der Waals surface area contributed by atoms with Gasteiger partial charge in [0.2, 0.25) is 0 Å². The summed E-state index contributed by atoms with van der Waals surface area (Å²) in [6, 6.07) is 3.08. The first-order valence-corrected chi connectivity index (χ1v) is 7.56. The minimum Gasteiger partial charge on any atom is -0.384 e. The van der Waals surface area contributed by atoms with Crippen LogP contribution < -0.4 is 5.32 Å². The molecule has 1 aliphatic heterocycles. The van der Waals surface area contributed by atoms with Gasteiger partial charge in [0.05, 0.1) is 12.7 Å². The fourth-order valence-electron chi connectivity index (χ4n) is 3.74. The smallest absolute Gasteiger partial charge is 0.108 e. The molecule has 2 aliphatic rings. The summed E-state index contributed by atoms with van der Waals surface area (Å²) in [6.45, 7) is 3.21.